The Morgan fingerprint density at radius 1 is 1.29 bits per heavy atom. The fraction of sp³-hybridized carbons (Fsp3) is 0.375. The van der Waals surface area contributed by atoms with E-state index in [0.717, 1.165) is 34.6 Å². The molecule has 3 rings (SSSR count). The van der Waals surface area contributed by atoms with Crippen LogP contribution in [-0.4, -0.2) is 16.5 Å². The minimum Gasteiger partial charge on any atom is -0.369 e. The molecule has 1 aromatic carbocycles. The Hall–Kier alpha value is -0.690. The number of hydrogen-bond donors (Lipinski definition) is 1. The highest BCUT2D eigenvalue weighted by atomic mass is 127. The van der Waals surface area contributed by atoms with Crippen LogP contribution in [0.1, 0.15) is 37.8 Å². The normalized spacial score (nSPS) is 14.2. The molecule has 0 amide bonds. The Labute approximate surface area is 147 Å². The van der Waals surface area contributed by atoms with Crippen molar-refractivity contribution in [2.24, 2.45) is 0 Å². The first kappa shape index (κ1) is 15.2. The summed E-state index contributed by atoms with van der Waals surface area (Å²) in [5.74, 6) is 2.40. The van der Waals surface area contributed by atoms with Crippen molar-refractivity contribution in [2.75, 3.05) is 11.9 Å². The van der Waals surface area contributed by atoms with Crippen molar-refractivity contribution in [3.05, 3.63) is 38.0 Å². The molecule has 1 heterocycles. The standard InChI is InChI=1S/C16H17BrIN3/c1-2-9-19-16-13(18)14(10-7-8-10)20-15(21-16)11-5-3-4-6-12(11)17/h3-6,10H,2,7-9H2,1H3,(H,19,20,21). The summed E-state index contributed by atoms with van der Waals surface area (Å²) in [6.45, 7) is 3.10. The summed E-state index contributed by atoms with van der Waals surface area (Å²) >= 11 is 5.99. The molecule has 0 aliphatic heterocycles. The van der Waals surface area contributed by atoms with Gasteiger partial charge in [-0.3, -0.25) is 0 Å². The topological polar surface area (TPSA) is 37.8 Å². The van der Waals surface area contributed by atoms with Crippen LogP contribution in [0.25, 0.3) is 11.4 Å². The van der Waals surface area contributed by atoms with E-state index in [0.29, 0.717) is 5.92 Å². The summed E-state index contributed by atoms with van der Waals surface area (Å²) in [4.78, 5) is 9.60. The van der Waals surface area contributed by atoms with Gasteiger partial charge in [-0.25, -0.2) is 9.97 Å². The second kappa shape index (κ2) is 6.60. The number of anilines is 1. The third-order valence-corrected chi connectivity index (χ3v) is 5.25. The molecule has 1 saturated carbocycles. The summed E-state index contributed by atoms with van der Waals surface area (Å²) in [6, 6.07) is 8.13. The highest BCUT2D eigenvalue weighted by molar-refractivity contribution is 14.1. The van der Waals surface area contributed by atoms with E-state index in [2.05, 4.69) is 56.8 Å². The van der Waals surface area contributed by atoms with Crippen LogP contribution < -0.4 is 5.32 Å². The maximum absolute atomic E-state index is 4.85. The second-order valence-corrected chi connectivity index (χ2v) is 7.21. The van der Waals surface area contributed by atoms with Gasteiger partial charge in [-0.1, -0.05) is 41.1 Å². The molecule has 0 atom stereocenters. The zero-order valence-corrected chi connectivity index (χ0v) is 15.6. The van der Waals surface area contributed by atoms with Crippen LogP contribution in [-0.2, 0) is 0 Å². The van der Waals surface area contributed by atoms with E-state index < -0.39 is 0 Å². The number of halogens is 2. The molecule has 1 N–H and O–H groups in total. The van der Waals surface area contributed by atoms with Gasteiger partial charge in [-0.2, -0.15) is 0 Å². The zero-order valence-electron chi connectivity index (χ0n) is 11.9. The molecular weight excluding hydrogens is 441 g/mol. The lowest BCUT2D eigenvalue weighted by Crippen LogP contribution is -2.09. The third kappa shape index (κ3) is 3.39. The van der Waals surface area contributed by atoms with Crippen molar-refractivity contribution in [1.82, 2.24) is 9.97 Å². The lowest BCUT2D eigenvalue weighted by molar-refractivity contribution is 0.938. The van der Waals surface area contributed by atoms with E-state index in [1.165, 1.54) is 22.1 Å². The van der Waals surface area contributed by atoms with Crippen LogP contribution in [0.15, 0.2) is 28.7 Å². The molecular formula is C16H17BrIN3. The maximum Gasteiger partial charge on any atom is 0.162 e. The number of aromatic nitrogens is 2. The van der Waals surface area contributed by atoms with E-state index in [9.17, 15) is 0 Å². The Balaban J connectivity index is 2.08. The fourth-order valence-electron chi connectivity index (χ4n) is 2.22. The van der Waals surface area contributed by atoms with Gasteiger partial charge in [0, 0.05) is 22.5 Å². The van der Waals surface area contributed by atoms with Crippen LogP contribution >= 0.6 is 38.5 Å². The first-order valence-electron chi connectivity index (χ1n) is 7.27. The smallest absolute Gasteiger partial charge is 0.162 e. The Morgan fingerprint density at radius 3 is 2.71 bits per heavy atom. The summed E-state index contributed by atoms with van der Waals surface area (Å²) in [5, 5.41) is 3.44. The van der Waals surface area contributed by atoms with E-state index in [1.54, 1.807) is 0 Å². The van der Waals surface area contributed by atoms with Gasteiger partial charge in [-0.05, 0) is 47.9 Å². The molecule has 0 bridgehead atoms. The largest absolute Gasteiger partial charge is 0.369 e. The van der Waals surface area contributed by atoms with Crippen molar-refractivity contribution < 1.29 is 0 Å². The first-order chi connectivity index (χ1) is 10.2. The van der Waals surface area contributed by atoms with E-state index >= 15 is 0 Å². The maximum atomic E-state index is 4.85. The minimum absolute atomic E-state index is 0.614. The number of rotatable bonds is 5. The summed E-state index contributed by atoms with van der Waals surface area (Å²) in [5.41, 5.74) is 2.25. The molecule has 110 valence electrons. The second-order valence-electron chi connectivity index (χ2n) is 5.28. The molecule has 5 heteroatoms. The Kier molecular flexibility index (Phi) is 4.78. The molecule has 1 fully saturated rings. The highest BCUT2D eigenvalue weighted by Crippen LogP contribution is 2.43. The predicted molar refractivity (Wildman–Crippen MR) is 98.6 cm³/mol. The van der Waals surface area contributed by atoms with Gasteiger partial charge >= 0.3 is 0 Å². The van der Waals surface area contributed by atoms with Crippen LogP contribution in [0.5, 0.6) is 0 Å². The van der Waals surface area contributed by atoms with Gasteiger partial charge in [-0.15, -0.1) is 0 Å². The quantitative estimate of drug-likeness (QED) is 0.626. The first-order valence-corrected chi connectivity index (χ1v) is 9.14. The van der Waals surface area contributed by atoms with Crippen LogP contribution in [0, 0.1) is 3.57 Å². The van der Waals surface area contributed by atoms with Crippen LogP contribution in [0.2, 0.25) is 0 Å². The highest BCUT2D eigenvalue weighted by Gasteiger charge is 2.29. The monoisotopic (exact) mass is 457 g/mol. The molecule has 2 aromatic rings. The molecule has 3 nitrogen and oxygen atoms in total. The zero-order chi connectivity index (χ0) is 14.8. The predicted octanol–water partition coefficient (Wildman–Crippen LogP) is 5.21. The molecule has 0 unspecified atom stereocenters. The average molecular weight is 458 g/mol. The fourth-order valence-corrected chi connectivity index (χ4v) is 3.55. The van der Waals surface area contributed by atoms with Crippen molar-refractivity contribution in [2.45, 2.75) is 32.1 Å². The third-order valence-electron chi connectivity index (χ3n) is 3.50. The summed E-state index contributed by atoms with van der Waals surface area (Å²) < 4.78 is 2.22. The van der Waals surface area contributed by atoms with Crippen molar-refractivity contribution in [3.63, 3.8) is 0 Å². The van der Waals surface area contributed by atoms with Crippen molar-refractivity contribution >= 4 is 44.3 Å². The van der Waals surface area contributed by atoms with Gasteiger partial charge in [0.1, 0.15) is 5.82 Å². The lowest BCUT2D eigenvalue weighted by Gasteiger charge is -2.13. The molecule has 0 saturated heterocycles. The van der Waals surface area contributed by atoms with E-state index in [-0.39, 0.29) is 0 Å². The van der Waals surface area contributed by atoms with Gasteiger partial charge in [0.25, 0.3) is 0 Å². The molecule has 1 aliphatic carbocycles. The number of benzene rings is 1. The SMILES string of the molecule is CCCNc1nc(-c2ccccc2Br)nc(C2CC2)c1I. The summed E-state index contributed by atoms with van der Waals surface area (Å²) in [7, 11) is 0. The van der Waals surface area contributed by atoms with Crippen molar-refractivity contribution in [1.29, 1.82) is 0 Å². The van der Waals surface area contributed by atoms with E-state index in [1.807, 2.05) is 18.2 Å². The average Bonchev–Trinajstić information content (AvgIpc) is 3.31. The van der Waals surface area contributed by atoms with Crippen LogP contribution in [0.3, 0.4) is 0 Å². The number of nitrogens with one attached hydrogen (secondary N) is 1. The number of hydrogen-bond acceptors (Lipinski definition) is 3. The molecule has 0 spiro atoms. The van der Waals surface area contributed by atoms with Gasteiger partial charge < -0.3 is 5.32 Å². The number of nitrogens with zero attached hydrogens (tertiary/aromatic N) is 2. The van der Waals surface area contributed by atoms with Crippen LogP contribution in [0.4, 0.5) is 5.82 Å². The molecule has 1 aromatic heterocycles. The Bertz CT molecular complexity index is 656. The molecule has 0 radical (unpaired) electrons. The molecule has 1 aliphatic rings. The van der Waals surface area contributed by atoms with Crippen molar-refractivity contribution in [3.8, 4) is 11.4 Å². The molecule has 21 heavy (non-hydrogen) atoms. The van der Waals surface area contributed by atoms with Gasteiger partial charge in [0.05, 0.1) is 9.26 Å². The Morgan fingerprint density at radius 2 is 2.05 bits per heavy atom. The van der Waals surface area contributed by atoms with Gasteiger partial charge in [0.2, 0.25) is 0 Å². The summed E-state index contributed by atoms with van der Waals surface area (Å²) in [6.07, 6.45) is 3.58. The minimum atomic E-state index is 0.614. The lowest BCUT2D eigenvalue weighted by atomic mass is 10.2. The van der Waals surface area contributed by atoms with E-state index in [4.69, 9.17) is 9.97 Å². The van der Waals surface area contributed by atoms with Gasteiger partial charge in [0.15, 0.2) is 5.82 Å².